The van der Waals surface area contributed by atoms with Gasteiger partial charge in [0.1, 0.15) is 0 Å². The molecule has 0 aliphatic carbocycles. The summed E-state index contributed by atoms with van der Waals surface area (Å²) < 4.78 is 0. The fourth-order valence-corrected chi connectivity index (χ4v) is 1.19. The summed E-state index contributed by atoms with van der Waals surface area (Å²) in [7, 11) is 0. The maximum atomic E-state index is 10.7. The summed E-state index contributed by atoms with van der Waals surface area (Å²) in [4.78, 5) is 21.0. The van der Waals surface area contributed by atoms with E-state index < -0.39 is 17.9 Å². The molecule has 0 heterocycles. The molecular formula is C10H14O4. The SMILES string of the molecule is C=CC(CCC(=O)O)C(C=C)C(=O)O. The Labute approximate surface area is 82.6 Å². The zero-order valence-electron chi connectivity index (χ0n) is 7.85. The second kappa shape index (κ2) is 5.96. The largest absolute Gasteiger partial charge is 0.481 e. The lowest BCUT2D eigenvalue weighted by atomic mass is 9.88. The van der Waals surface area contributed by atoms with Gasteiger partial charge in [-0.05, 0) is 12.3 Å². The van der Waals surface area contributed by atoms with Crippen LogP contribution in [0.4, 0.5) is 0 Å². The van der Waals surface area contributed by atoms with Crippen molar-refractivity contribution in [1.82, 2.24) is 0 Å². The molecule has 0 aromatic heterocycles. The van der Waals surface area contributed by atoms with Crippen LogP contribution in [0, 0.1) is 11.8 Å². The van der Waals surface area contributed by atoms with Crippen LogP contribution in [0.5, 0.6) is 0 Å². The molecule has 78 valence electrons. The Kier molecular flexibility index (Phi) is 5.29. The van der Waals surface area contributed by atoms with Gasteiger partial charge in [-0.25, -0.2) is 0 Å². The summed E-state index contributed by atoms with van der Waals surface area (Å²) in [5, 5.41) is 17.2. The Bertz CT molecular complexity index is 245. The van der Waals surface area contributed by atoms with Gasteiger partial charge in [0.15, 0.2) is 0 Å². The van der Waals surface area contributed by atoms with Crippen LogP contribution in [0.3, 0.4) is 0 Å². The van der Waals surface area contributed by atoms with E-state index in [1.807, 2.05) is 0 Å². The van der Waals surface area contributed by atoms with E-state index in [1.165, 1.54) is 12.2 Å². The van der Waals surface area contributed by atoms with Crippen molar-refractivity contribution in [1.29, 1.82) is 0 Å². The average Bonchev–Trinajstić information content (AvgIpc) is 2.10. The maximum absolute atomic E-state index is 10.7. The molecule has 0 aliphatic heterocycles. The highest BCUT2D eigenvalue weighted by molar-refractivity contribution is 5.73. The molecule has 0 radical (unpaired) electrons. The third-order valence-corrected chi connectivity index (χ3v) is 1.99. The smallest absolute Gasteiger partial charge is 0.310 e. The number of allylic oxidation sites excluding steroid dienone is 1. The quantitative estimate of drug-likeness (QED) is 0.608. The standard InChI is InChI=1S/C10H14O4/c1-3-7(5-6-9(11)12)8(4-2)10(13)14/h3-4,7-8H,1-2,5-6H2,(H,11,12)(H,13,14). The summed E-state index contributed by atoms with van der Waals surface area (Å²) in [5.41, 5.74) is 0. The van der Waals surface area contributed by atoms with Crippen LogP contribution in [-0.2, 0) is 9.59 Å². The van der Waals surface area contributed by atoms with E-state index in [0.29, 0.717) is 0 Å². The third kappa shape index (κ3) is 3.89. The van der Waals surface area contributed by atoms with E-state index in [2.05, 4.69) is 13.2 Å². The lowest BCUT2D eigenvalue weighted by molar-refractivity contribution is -0.142. The molecule has 0 saturated carbocycles. The molecule has 0 saturated heterocycles. The van der Waals surface area contributed by atoms with Crippen LogP contribution in [0.15, 0.2) is 25.3 Å². The first-order valence-electron chi connectivity index (χ1n) is 4.22. The number of carbonyl (C=O) groups is 2. The highest BCUT2D eigenvalue weighted by atomic mass is 16.4. The molecule has 0 amide bonds. The number of aliphatic carboxylic acids is 2. The Balaban J connectivity index is 4.36. The normalized spacial score (nSPS) is 14.0. The van der Waals surface area contributed by atoms with Crippen LogP contribution in [-0.4, -0.2) is 22.2 Å². The van der Waals surface area contributed by atoms with Gasteiger partial charge in [-0.1, -0.05) is 12.2 Å². The van der Waals surface area contributed by atoms with Crippen LogP contribution in [0.1, 0.15) is 12.8 Å². The van der Waals surface area contributed by atoms with E-state index in [4.69, 9.17) is 10.2 Å². The first kappa shape index (κ1) is 12.4. The van der Waals surface area contributed by atoms with E-state index in [0.717, 1.165) is 0 Å². The molecule has 0 bridgehead atoms. The van der Waals surface area contributed by atoms with Crippen molar-refractivity contribution in [3.8, 4) is 0 Å². The van der Waals surface area contributed by atoms with Crippen molar-refractivity contribution in [2.24, 2.45) is 11.8 Å². The van der Waals surface area contributed by atoms with Crippen molar-refractivity contribution < 1.29 is 19.8 Å². The Hall–Kier alpha value is -1.58. The molecule has 2 atom stereocenters. The van der Waals surface area contributed by atoms with Crippen molar-refractivity contribution in [2.75, 3.05) is 0 Å². The minimum Gasteiger partial charge on any atom is -0.481 e. The minimum absolute atomic E-state index is 0.0612. The van der Waals surface area contributed by atoms with E-state index in [9.17, 15) is 9.59 Å². The fraction of sp³-hybridized carbons (Fsp3) is 0.400. The van der Waals surface area contributed by atoms with E-state index in [-0.39, 0.29) is 18.8 Å². The second-order valence-electron chi connectivity index (χ2n) is 2.93. The minimum atomic E-state index is -1.00. The van der Waals surface area contributed by atoms with Gasteiger partial charge in [0.05, 0.1) is 5.92 Å². The molecule has 2 unspecified atom stereocenters. The Morgan fingerprint density at radius 1 is 1.21 bits per heavy atom. The number of hydrogen-bond acceptors (Lipinski definition) is 2. The summed E-state index contributed by atoms with van der Waals surface area (Å²) in [6, 6.07) is 0. The average molecular weight is 198 g/mol. The highest BCUT2D eigenvalue weighted by Crippen LogP contribution is 2.20. The number of hydrogen-bond donors (Lipinski definition) is 2. The van der Waals surface area contributed by atoms with Crippen LogP contribution in [0.2, 0.25) is 0 Å². The molecule has 0 fully saturated rings. The summed E-state index contributed by atoms with van der Waals surface area (Å²) in [5.74, 6) is -3.08. The summed E-state index contributed by atoms with van der Waals surface area (Å²) >= 11 is 0. The van der Waals surface area contributed by atoms with Crippen LogP contribution >= 0.6 is 0 Å². The van der Waals surface area contributed by atoms with Gasteiger partial charge in [-0.3, -0.25) is 9.59 Å². The molecule has 2 N–H and O–H groups in total. The van der Waals surface area contributed by atoms with Gasteiger partial charge < -0.3 is 10.2 Å². The highest BCUT2D eigenvalue weighted by Gasteiger charge is 2.22. The molecule has 0 spiro atoms. The Morgan fingerprint density at radius 3 is 2.07 bits per heavy atom. The molecule has 0 aromatic rings. The first-order valence-corrected chi connectivity index (χ1v) is 4.22. The van der Waals surface area contributed by atoms with E-state index >= 15 is 0 Å². The van der Waals surface area contributed by atoms with Crippen molar-refractivity contribution in [3.63, 3.8) is 0 Å². The maximum Gasteiger partial charge on any atom is 0.310 e. The first-order chi connectivity index (χ1) is 6.52. The molecule has 0 aromatic carbocycles. The summed E-state index contributed by atoms with van der Waals surface area (Å²) in [6.45, 7) is 6.89. The molecule has 0 aliphatic rings. The molecular weight excluding hydrogens is 184 g/mol. The van der Waals surface area contributed by atoms with E-state index in [1.54, 1.807) is 0 Å². The van der Waals surface area contributed by atoms with Gasteiger partial charge in [0.2, 0.25) is 0 Å². The zero-order chi connectivity index (χ0) is 11.1. The van der Waals surface area contributed by atoms with Gasteiger partial charge in [-0.15, -0.1) is 13.2 Å². The fourth-order valence-electron chi connectivity index (χ4n) is 1.19. The second-order valence-corrected chi connectivity index (χ2v) is 2.93. The molecule has 0 rings (SSSR count). The van der Waals surface area contributed by atoms with Crippen molar-refractivity contribution >= 4 is 11.9 Å². The lowest BCUT2D eigenvalue weighted by Gasteiger charge is -2.16. The lowest BCUT2D eigenvalue weighted by Crippen LogP contribution is -2.20. The summed E-state index contributed by atoms with van der Waals surface area (Å²) in [6.07, 6.45) is 2.97. The predicted octanol–water partition coefficient (Wildman–Crippen LogP) is 1.54. The van der Waals surface area contributed by atoms with Gasteiger partial charge >= 0.3 is 11.9 Å². The van der Waals surface area contributed by atoms with Gasteiger partial charge in [0, 0.05) is 6.42 Å². The zero-order valence-corrected chi connectivity index (χ0v) is 7.85. The topological polar surface area (TPSA) is 74.6 Å². The number of rotatable bonds is 7. The molecule has 14 heavy (non-hydrogen) atoms. The monoisotopic (exact) mass is 198 g/mol. The van der Waals surface area contributed by atoms with Crippen LogP contribution in [0.25, 0.3) is 0 Å². The number of carboxylic acid groups (broad SMARTS) is 2. The van der Waals surface area contributed by atoms with Gasteiger partial charge in [-0.2, -0.15) is 0 Å². The third-order valence-electron chi connectivity index (χ3n) is 1.99. The van der Waals surface area contributed by atoms with Crippen molar-refractivity contribution in [3.05, 3.63) is 25.3 Å². The molecule has 4 heteroatoms. The van der Waals surface area contributed by atoms with Gasteiger partial charge in [0.25, 0.3) is 0 Å². The predicted molar refractivity (Wildman–Crippen MR) is 51.9 cm³/mol. The van der Waals surface area contributed by atoms with Crippen molar-refractivity contribution in [2.45, 2.75) is 12.8 Å². The molecule has 4 nitrogen and oxygen atoms in total. The number of carboxylic acids is 2. The van der Waals surface area contributed by atoms with Crippen LogP contribution < -0.4 is 0 Å². The Morgan fingerprint density at radius 2 is 1.79 bits per heavy atom.